The normalized spacial score (nSPS) is 21.0. The van der Waals surface area contributed by atoms with E-state index in [9.17, 15) is 35.5 Å². The van der Waals surface area contributed by atoms with Crippen molar-refractivity contribution in [1.82, 2.24) is 0 Å². The Morgan fingerprint density at radius 2 is 1.96 bits per heavy atom. The summed E-state index contributed by atoms with van der Waals surface area (Å²) in [6.07, 6.45) is -4.26. The molecule has 0 bridgehead atoms. The zero-order valence-corrected chi connectivity index (χ0v) is 13.9. The Morgan fingerprint density at radius 3 is 2.48 bits per heavy atom. The lowest BCUT2D eigenvalue weighted by Crippen LogP contribution is -2.26. The van der Waals surface area contributed by atoms with Crippen molar-refractivity contribution < 1.29 is 45.0 Å². The number of sulfone groups is 1. The fourth-order valence-corrected chi connectivity index (χ4v) is 3.44. The van der Waals surface area contributed by atoms with Gasteiger partial charge in [-0.05, 0) is 19.1 Å². The second kappa shape index (κ2) is 6.36. The molecule has 0 spiro atoms. The highest BCUT2D eigenvalue weighted by Gasteiger charge is 2.55. The van der Waals surface area contributed by atoms with Crippen molar-refractivity contribution >= 4 is 9.84 Å². The van der Waals surface area contributed by atoms with Crippen molar-refractivity contribution in [2.45, 2.75) is 41.9 Å². The smallest absolute Gasteiger partial charge is 0.491 e. The molecule has 0 saturated carbocycles. The minimum Gasteiger partial charge on any atom is -0.491 e. The molecule has 1 aliphatic rings. The summed E-state index contributed by atoms with van der Waals surface area (Å²) in [4.78, 5) is -1.40. The first-order chi connectivity index (χ1) is 11.3. The SMILES string of the molecule is COC(C)COc1ccc(S(=O)(=O)C(F)(F)F)c2c1CC(F)(F)C2O. The van der Waals surface area contributed by atoms with Gasteiger partial charge >= 0.3 is 5.51 Å². The number of halogens is 5. The highest BCUT2D eigenvalue weighted by molar-refractivity contribution is 7.92. The van der Waals surface area contributed by atoms with E-state index in [0.29, 0.717) is 6.07 Å². The van der Waals surface area contributed by atoms with Gasteiger partial charge in [0.1, 0.15) is 18.5 Å². The summed E-state index contributed by atoms with van der Waals surface area (Å²) in [7, 11) is -4.54. The van der Waals surface area contributed by atoms with Gasteiger partial charge in [-0.25, -0.2) is 17.2 Å². The number of aliphatic hydroxyl groups excluding tert-OH is 1. The van der Waals surface area contributed by atoms with Gasteiger partial charge < -0.3 is 14.6 Å². The Kier molecular flexibility index (Phi) is 5.05. The van der Waals surface area contributed by atoms with E-state index in [1.165, 1.54) is 7.11 Å². The van der Waals surface area contributed by atoms with Gasteiger partial charge in [-0.1, -0.05) is 0 Å². The maximum absolute atomic E-state index is 13.8. The minimum atomic E-state index is -5.91. The van der Waals surface area contributed by atoms with Crippen LogP contribution in [0.3, 0.4) is 0 Å². The number of methoxy groups -OCH3 is 1. The molecule has 1 aliphatic carbocycles. The van der Waals surface area contributed by atoms with E-state index in [-0.39, 0.29) is 12.4 Å². The molecular weight excluding hydrogens is 375 g/mol. The molecule has 25 heavy (non-hydrogen) atoms. The Morgan fingerprint density at radius 1 is 1.36 bits per heavy atom. The van der Waals surface area contributed by atoms with E-state index in [0.717, 1.165) is 6.07 Å². The minimum absolute atomic E-state index is 0.101. The molecule has 1 aromatic rings. The van der Waals surface area contributed by atoms with Gasteiger partial charge in [-0.15, -0.1) is 0 Å². The molecule has 2 atom stereocenters. The molecule has 0 saturated heterocycles. The van der Waals surface area contributed by atoms with Crippen molar-refractivity contribution in [3.63, 3.8) is 0 Å². The van der Waals surface area contributed by atoms with E-state index in [2.05, 4.69) is 0 Å². The molecule has 0 radical (unpaired) electrons. The van der Waals surface area contributed by atoms with E-state index in [1.807, 2.05) is 0 Å². The predicted molar refractivity (Wildman–Crippen MR) is 75.3 cm³/mol. The summed E-state index contributed by atoms with van der Waals surface area (Å²) in [6, 6.07) is 1.38. The zero-order chi connectivity index (χ0) is 19.2. The topological polar surface area (TPSA) is 72.8 Å². The number of rotatable bonds is 5. The van der Waals surface area contributed by atoms with E-state index >= 15 is 0 Å². The zero-order valence-electron chi connectivity index (χ0n) is 13.1. The number of hydrogen-bond acceptors (Lipinski definition) is 5. The molecule has 11 heteroatoms. The quantitative estimate of drug-likeness (QED) is 0.783. The first-order valence-corrected chi connectivity index (χ1v) is 8.50. The van der Waals surface area contributed by atoms with Gasteiger partial charge in [-0.2, -0.15) is 13.2 Å². The van der Waals surface area contributed by atoms with Gasteiger partial charge in [0.15, 0.2) is 0 Å². The van der Waals surface area contributed by atoms with Crippen molar-refractivity contribution in [1.29, 1.82) is 0 Å². The third-order valence-electron chi connectivity index (χ3n) is 3.83. The van der Waals surface area contributed by atoms with E-state index in [4.69, 9.17) is 9.47 Å². The number of ether oxygens (including phenoxy) is 2. The number of hydrogen-bond donors (Lipinski definition) is 1. The molecule has 0 aromatic heterocycles. The second-order valence-electron chi connectivity index (χ2n) is 5.60. The average molecular weight is 390 g/mol. The van der Waals surface area contributed by atoms with Crippen LogP contribution in [-0.4, -0.2) is 44.8 Å². The fraction of sp³-hybridized carbons (Fsp3) is 0.571. The van der Waals surface area contributed by atoms with Crippen LogP contribution < -0.4 is 4.74 Å². The van der Waals surface area contributed by atoms with Gasteiger partial charge in [0.2, 0.25) is 0 Å². The molecule has 2 rings (SSSR count). The van der Waals surface area contributed by atoms with Crippen LogP contribution in [0.4, 0.5) is 22.0 Å². The number of benzene rings is 1. The third-order valence-corrected chi connectivity index (χ3v) is 5.37. The number of alkyl halides is 5. The van der Waals surface area contributed by atoms with E-state index < -0.39 is 55.9 Å². The Bertz CT molecular complexity index is 760. The molecular formula is C14H15F5O5S. The third kappa shape index (κ3) is 3.44. The summed E-state index contributed by atoms with van der Waals surface area (Å²) in [6.45, 7) is 1.50. The van der Waals surface area contributed by atoms with Crippen LogP contribution in [0.25, 0.3) is 0 Å². The molecule has 0 aliphatic heterocycles. The predicted octanol–water partition coefficient (Wildman–Crippen LogP) is 2.62. The first-order valence-electron chi connectivity index (χ1n) is 7.01. The van der Waals surface area contributed by atoms with E-state index in [1.54, 1.807) is 6.92 Å². The monoisotopic (exact) mass is 390 g/mol. The summed E-state index contributed by atoms with van der Waals surface area (Å²) >= 11 is 0. The highest BCUT2D eigenvalue weighted by atomic mass is 32.2. The van der Waals surface area contributed by atoms with Crippen LogP contribution >= 0.6 is 0 Å². The molecule has 0 heterocycles. The highest BCUT2D eigenvalue weighted by Crippen LogP contribution is 2.50. The van der Waals surface area contributed by atoms with Crippen LogP contribution in [0.15, 0.2) is 17.0 Å². The lowest BCUT2D eigenvalue weighted by Gasteiger charge is -2.18. The van der Waals surface area contributed by atoms with Crippen molar-refractivity contribution in [3.8, 4) is 5.75 Å². The summed E-state index contributed by atoms with van der Waals surface area (Å²) < 4.78 is 99.5. The maximum Gasteiger partial charge on any atom is 0.501 e. The second-order valence-corrected chi connectivity index (χ2v) is 7.51. The van der Waals surface area contributed by atoms with Crippen molar-refractivity contribution in [2.75, 3.05) is 13.7 Å². The van der Waals surface area contributed by atoms with Gasteiger partial charge in [0.05, 0.1) is 11.0 Å². The summed E-state index contributed by atoms with van der Waals surface area (Å²) in [5.74, 6) is -4.04. The summed E-state index contributed by atoms with van der Waals surface area (Å²) in [5, 5.41) is 9.71. The average Bonchev–Trinajstić information content (AvgIpc) is 2.74. The first kappa shape index (κ1) is 19.9. The summed E-state index contributed by atoms with van der Waals surface area (Å²) in [5.41, 5.74) is -7.14. The largest absolute Gasteiger partial charge is 0.501 e. The van der Waals surface area contributed by atoms with Gasteiger partial charge in [-0.3, -0.25) is 0 Å². The van der Waals surface area contributed by atoms with Gasteiger partial charge in [0.25, 0.3) is 15.8 Å². The van der Waals surface area contributed by atoms with Crippen LogP contribution in [-0.2, 0) is 21.0 Å². The van der Waals surface area contributed by atoms with Crippen LogP contribution in [0.1, 0.15) is 24.2 Å². The molecule has 142 valence electrons. The molecule has 0 amide bonds. The van der Waals surface area contributed by atoms with Crippen molar-refractivity contribution in [2.24, 2.45) is 0 Å². The molecule has 1 N–H and O–H groups in total. The maximum atomic E-state index is 13.8. The molecule has 5 nitrogen and oxygen atoms in total. The number of aliphatic hydroxyl groups is 1. The molecule has 1 aromatic carbocycles. The molecule has 0 fully saturated rings. The van der Waals surface area contributed by atoms with Crippen molar-refractivity contribution in [3.05, 3.63) is 23.3 Å². The lowest BCUT2D eigenvalue weighted by atomic mass is 10.1. The Hall–Kier alpha value is -1.46. The van der Waals surface area contributed by atoms with Crippen LogP contribution in [0.5, 0.6) is 5.75 Å². The van der Waals surface area contributed by atoms with Gasteiger partial charge in [0, 0.05) is 24.7 Å². The lowest BCUT2D eigenvalue weighted by molar-refractivity contribution is -0.0978. The standard InChI is InChI=1S/C14H15F5O5S/c1-7(23-2)6-24-9-3-4-10(25(21,22)14(17,18)19)11-8(9)5-13(15,16)12(11)20/h3-4,7,12,20H,5-6H2,1-2H3. The Balaban J connectivity index is 2.59. The number of fused-ring (bicyclic) bond motifs is 1. The fourth-order valence-electron chi connectivity index (χ4n) is 2.42. The van der Waals surface area contributed by atoms with Crippen LogP contribution in [0, 0.1) is 0 Å². The van der Waals surface area contributed by atoms with Crippen LogP contribution in [0.2, 0.25) is 0 Å². The Labute approximate surface area is 140 Å². The molecule has 2 unspecified atom stereocenters.